The molecule has 0 rings (SSSR count). The predicted octanol–water partition coefficient (Wildman–Crippen LogP) is 2.47. The van der Waals surface area contributed by atoms with Crippen molar-refractivity contribution in [3.63, 3.8) is 0 Å². The zero-order valence-electron chi connectivity index (χ0n) is 8.29. The van der Waals surface area contributed by atoms with Gasteiger partial charge in [0.2, 0.25) is 0 Å². The number of hydrogen-bond donors (Lipinski definition) is 0. The molecule has 0 aliphatic heterocycles. The summed E-state index contributed by atoms with van der Waals surface area (Å²) < 4.78 is 4.58. The van der Waals surface area contributed by atoms with Gasteiger partial charge in [-0.2, -0.15) is 11.8 Å². The molecule has 3 heteroatoms. The minimum Gasteiger partial charge on any atom is -0.469 e. The van der Waals surface area contributed by atoms with E-state index in [9.17, 15) is 4.79 Å². The first-order valence-corrected chi connectivity index (χ1v) is 5.26. The van der Waals surface area contributed by atoms with E-state index in [1.165, 1.54) is 7.11 Å². The normalized spacial score (nSPS) is 15.3. The fourth-order valence-corrected chi connectivity index (χ4v) is 2.08. The second-order valence-electron chi connectivity index (χ2n) is 2.95. The van der Waals surface area contributed by atoms with Crippen molar-refractivity contribution >= 4 is 17.7 Å². The highest BCUT2D eigenvalue weighted by molar-refractivity contribution is 8.00. The van der Waals surface area contributed by atoms with Crippen LogP contribution >= 0.6 is 11.8 Å². The molecule has 0 saturated carbocycles. The third-order valence-corrected chi connectivity index (χ3v) is 3.15. The molecule has 0 fully saturated rings. The van der Waals surface area contributed by atoms with E-state index in [4.69, 9.17) is 0 Å². The van der Waals surface area contributed by atoms with Crippen LogP contribution in [-0.4, -0.2) is 23.6 Å². The lowest BCUT2D eigenvalue weighted by Gasteiger charge is -2.14. The smallest absolute Gasteiger partial charge is 0.306 e. The van der Waals surface area contributed by atoms with Gasteiger partial charge in [-0.3, -0.25) is 4.79 Å². The average molecular weight is 190 g/mol. The maximum Gasteiger partial charge on any atom is 0.306 e. The molecule has 0 saturated heterocycles. The number of carbonyl (C=O) groups is 1. The van der Waals surface area contributed by atoms with Gasteiger partial charge in [0, 0.05) is 10.5 Å². The Morgan fingerprint density at radius 3 is 2.42 bits per heavy atom. The monoisotopic (exact) mass is 190 g/mol. The van der Waals surface area contributed by atoms with Crippen LogP contribution in [0.2, 0.25) is 0 Å². The molecule has 0 bridgehead atoms. The molecule has 2 unspecified atom stereocenters. The third-order valence-electron chi connectivity index (χ3n) is 1.72. The van der Waals surface area contributed by atoms with Crippen molar-refractivity contribution in [2.45, 2.75) is 44.1 Å². The average Bonchev–Trinajstić information content (AvgIpc) is 2.03. The molecule has 0 radical (unpaired) electrons. The second kappa shape index (κ2) is 6.35. The van der Waals surface area contributed by atoms with Crippen molar-refractivity contribution in [1.29, 1.82) is 0 Å². The highest BCUT2D eigenvalue weighted by Crippen LogP contribution is 2.22. The van der Waals surface area contributed by atoms with Gasteiger partial charge in [-0.1, -0.05) is 20.8 Å². The minimum absolute atomic E-state index is 0.113. The first kappa shape index (κ1) is 11.8. The first-order chi connectivity index (χ1) is 5.60. The van der Waals surface area contributed by atoms with E-state index in [2.05, 4.69) is 25.5 Å². The second-order valence-corrected chi connectivity index (χ2v) is 4.83. The number of methoxy groups -OCH3 is 1. The SMILES string of the molecule is CCC(C)SC(C)CC(=O)OC. The molecule has 0 N–H and O–H groups in total. The van der Waals surface area contributed by atoms with Crippen LogP contribution in [0, 0.1) is 0 Å². The topological polar surface area (TPSA) is 26.3 Å². The highest BCUT2D eigenvalue weighted by Gasteiger charge is 2.11. The van der Waals surface area contributed by atoms with E-state index < -0.39 is 0 Å². The van der Waals surface area contributed by atoms with E-state index in [-0.39, 0.29) is 5.97 Å². The molecule has 0 aliphatic carbocycles. The summed E-state index contributed by atoms with van der Waals surface area (Å²) in [6, 6.07) is 0. The Bertz CT molecular complexity index is 136. The molecule has 0 aromatic heterocycles. The van der Waals surface area contributed by atoms with Crippen LogP contribution in [0.15, 0.2) is 0 Å². The number of hydrogen-bond acceptors (Lipinski definition) is 3. The van der Waals surface area contributed by atoms with E-state index >= 15 is 0 Å². The van der Waals surface area contributed by atoms with E-state index in [0.29, 0.717) is 16.9 Å². The van der Waals surface area contributed by atoms with Crippen molar-refractivity contribution in [3.05, 3.63) is 0 Å². The fraction of sp³-hybridized carbons (Fsp3) is 0.889. The van der Waals surface area contributed by atoms with Crippen molar-refractivity contribution < 1.29 is 9.53 Å². The third kappa shape index (κ3) is 5.47. The molecule has 0 aromatic rings. The summed E-state index contributed by atoms with van der Waals surface area (Å²) in [6.07, 6.45) is 1.67. The Morgan fingerprint density at radius 1 is 1.42 bits per heavy atom. The summed E-state index contributed by atoms with van der Waals surface area (Å²) >= 11 is 1.84. The molecular weight excluding hydrogens is 172 g/mol. The zero-order chi connectivity index (χ0) is 9.56. The zero-order valence-corrected chi connectivity index (χ0v) is 9.11. The van der Waals surface area contributed by atoms with Gasteiger partial charge < -0.3 is 4.74 Å². The summed E-state index contributed by atoms with van der Waals surface area (Å²) in [7, 11) is 1.43. The summed E-state index contributed by atoms with van der Waals surface area (Å²) in [4.78, 5) is 10.9. The van der Waals surface area contributed by atoms with Crippen LogP contribution < -0.4 is 0 Å². The molecule has 0 aromatic carbocycles. The van der Waals surface area contributed by atoms with Crippen LogP contribution in [0.25, 0.3) is 0 Å². The Labute approximate surface area is 79.1 Å². The molecule has 2 nitrogen and oxygen atoms in total. The maximum absolute atomic E-state index is 10.9. The van der Waals surface area contributed by atoms with E-state index in [1.54, 1.807) is 0 Å². The quantitative estimate of drug-likeness (QED) is 0.623. The van der Waals surface area contributed by atoms with Crippen LogP contribution in [-0.2, 0) is 9.53 Å². The summed E-state index contributed by atoms with van der Waals surface area (Å²) in [6.45, 7) is 6.40. The van der Waals surface area contributed by atoms with Gasteiger partial charge in [-0.05, 0) is 6.42 Å². The Hall–Kier alpha value is -0.180. The molecule has 2 atom stereocenters. The number of rotatable bonds is 5. The lowest BCUT2D eigenvalue weighted by molar-refractivity contribution is -0.140. The molecule has 0 amide bonds. The Balaban J connectivity index is 3.58. The Kier molecular flexibility index (Phi) is 6.25. The molecular formula is C9H18O2S. The minimum atomic E-state index is -0.113. The van der Waals surface area contributed by atoms with Gasteiger partial charge in [-0.15, -0.1) is 0 Å². The highest BCUT2D eigenvalue weighted by atomic mass is 32.2. The molecule has 12 heavy (non-hydrogen) atoms. The van der Waals surface area contributed by atoms with Crippen molar-refractivity contribution in [2.24, 2.45) is 0 Å². The first-order valence-electron chi connectivity index (χ1n) is 4.32. The van der Waals surface area contributed by atoms with E-state index in [1.807, 2.05) is 11.8 Å². The lowest BCUT2D eigenvalue weighted by atomic mass is 10.3. The van der Waals surface area contributed by atoms with Crippen molar-refractivity contribution in [1.82, 2.24) is 0 Å². The molecule has 0 spiro atoms. The fourth-order valence-electron chi connectivity index (χ4n) is 0.859. The van der Waals surface area contributed by atoms with Crippen molar-refractivity contribution in [3.8, 4) is 0 Å². The van der Waals surface area contributed by atoms with Crippen LogP contribution in [0.1, 0.15) is 33.6 Å². The lowest BCUT2D eigenvalue weighted by Crippen LogP contribution is -2.11. The molecule has 0 heterocycles. The largest absolute Gasteiger partial charge is 0.469 e. The summed E-state index contributed by atoms with van der Waals surface area (Å²) in [5, 5.41) is 0.997. The van der Waals surface area contributed by atoms with Crippen LogP contribution in [0.3, 0.4) is 0 Å². The van der Waals surface area contributed by atoms with Gasteiger partial charge in [0.25, 0.3) is 0 Å². The van der Waals surface area contributed by atoms with Gasteiger partial charge in [-0.25, -0.2) is 0 Å². The molecule has 72 valence electrons. The van der Waals surface area contributed by atoms with E-state index in [0.717, 1.165) is 6.42 Å². The number of ether oxygens (including phenoxy) is 1. The van der Waals surface area contributed by atoms with Crippen LogP contribution in [0.5, 0.6) is 0 Å². The number of esters is 1. The standard InChI is InChI=1S/C9H18O2S/c1-5-7(2)12-8(3)6-9(10)11-4/h7-8H,5-6H2,1-4H3. The summed E-state index contributed by atoms with van der Waals surface area (Å²) in [5.41, 5.74) is 0. The van der Waals surface area contributed by atoms with Gasteiger partial charge in [0.1, 0.15) is 0 Å². The number of thioether (sulfide) groups is 1. The molecule has 0 aliphatic rings. The number of carbonyl (C=O) groups excluding carboxylic acids is 1. The van der Waals surface area contributed by atoms with Gasteiger partial charge >= 0.3 is 5.97 Å². The van der Waals surface area contributed by atoms with Gasteiger partial charge in [0.05, 0.1) is 13.5 Å². The summed E-state index contributed by atoms with van der Waals surface area (Å²) in [5.74, 6) is -0.113. The Morgan fingerprint density at radius 2 is 2.00 bits per heavy atom. The predicted molar refractivity (Wildman–Crippen MR) is 53.4 cm³/mol. The van der Waals surface area contributed by atoms with Crippen LogP contribution in [0.4, 0.5) is 0 Å². The van der Waals surface area contributed by atoms with Gasteiger partial charge in [0.15, 0.2) is 0 Å². The maximum atomic E-state index is 10.9. The van der Waals surface area contributed by atoms with Crippen molar-refractivity contribution in [2.75, 3.05) is 7.11 Å².